The molecule has 2 aromatic rings. The number of hydrogen-bond acceptors (Lipinski definition) is 7. The molecule has 0 radical (unpaired) electrons. The van der Waals surface area contributed by atoms with Gasteiger partial charge in [0.1, 0.15) is 0 Å². The molecule has 5 N–H and O–H groups in total. The van der Waals surface area contributed by atoms with Gasteiger partial charge in [-0.2, -0.15) is 0 Å². The van der Waals surface area contributed by atoms with Gasteiger partial charge in [-0.25, -0.2) is 0 Å². The fourth-order valence-corrected chi connectivity index (χ4v) is 6.62. The second-order valence-electron chi connectivity index (χ2n) is 9.03. The number of carbonyl (C=O) groups is 1. The van der Waals surface area contributed by atoms with Crippen molar-refractivity contribution in [1.29, 1.82) is 0 Å². The largest absolute Gasteiger partial charge is 0.504 e. The lowest BCUT2D eigenvalue weighted by Gasteiger charge is -2.54. The van der Waals surface area contributed by atoms with Crippen LogP contribution < -0.4 is 20.5 Å². The Bertz CT molecular complexity index is 1180. The zero-order valence-corrected chi connectivity index (χ0v) is 20.6. The molecule has 0 saturated carbocycles. The van der Waals surface area contributed by atoms with E-state index in [-0.39, 0.29) is 36.0 Å². The van der Waals surface area contributed by atoms with Crippen molar-refractivity contribution in [2.45, 2.75) is 50.9 Å². The molecule has 33 heavy (non-hydrogen) atoms. The van der Waals surface area contributed by atoms with Gasteiger partial charge in [0.2, 0.25) is 5.91 Å². The number of piperazine rings is 1. The highest BCUT2D eigenvalue weighted by atomic mass is 79.9. The highest BCUT2D eigenvalue weighted by molar-refractivity contribution is 9.10. The Morgan fingerprint density at radius 2 is 1.82 bits per heavy atom. The van der Waals surface area contributed by atoms with Crippen molar-refractivity contribution in [2.75, 3.05) is 20.8 Å². The highest BCUT2D eigenvalue weighted by Crippen LogP contribution is 2.53. The summed E-state index contributed by atoms with van der Waals surface area (Å²) in [4.78, 5) is 15.5. The fraction of sp³-hybridized carbons (Fsp3) is 0.458. The fourth-order valence-electron chi connectivity index (χ4n) is 6.06. The van der Waals surface area contributed by atoms with E-state index in [1.54, 1.807) is 0 Å². The van der Waals surface area contributed by atoms with Crippen molar-refractivity contribution in [2.24, 2.45) is 5.73 Å². The summed E-state index contributed by atoms with van der Waals surface area (Å²) in [6.45, 7) is 3.93. The van der Waals surface area contributed by atoms with Gasteiger partial charge in [0.25, 0.3) is 0 Å². The molecular weight excluding hydrogens is 490 g/mol. The first kappa shape index (κ1) is 22.3. The van der Waals surface area contributed by atoms with Gasteiger partial charge >= 0.3 is 0 Å². The number of rotatable bonds is 3. The molecule has 2 bridgehead atoms. The summed E-state index contributed by atoms with van der Waals surface area (Å²) < 4.78 is 11.8. The highest BCUT2D eigenvalue weighted by Gasteiger charge is 2.52. The van der Waals surface area contributed by atoms with E-state index in [0.717, 1.165) is 32.3 Å². The van der Waals surface area contributed by atoms with Crippen LogP contribution in [0.2, 0.25) is 0 Å². The normalized spacial score (nSPS) is 25.3. The number of nitrogens with two attached hydrogens (primary N) is 1. The molecule has 0 aromatic heterocycles. The van der Waals surface area contributed by atoms with Crippen LogP contribution in [0, 0.1) is 13.8 Å². The number of nitrogens with zero attached hydrogens (tertiary/aromatic N) is 1. The molecule has 0 spiro atoms. The minimum atomic E-state index is -0.493. The Morgan fingerprint density at radius 1 is 1.15 bits per heavy atom. The number of halogens is 1. The molecule has 3 heterocycles. The maximum absolute atomic E-state index is 13.7. The number of ether oxygens (including phenoxy) is 2. The number of amides is 1. The molecule has 5 rings (SSSR count). The molecule has 176 valence electrons. The number of aromatic hydroxyl groups is 2. The number of aryl methyl sites for hydroxylation is 1. The Morgan fingerprint density at radius 3 is 2.45 bits per heavy atom. The first-order valence-corrected chi connectivity index (χ1v) is 11.8. The summed E-state index contributed by atoms with van der Waals surface area (Å²) in [5.74, 6) is 0.917. The van der Waals surface area contributed by atoms with Gasteiger partial charge in [-0.1, -0.05) is 22.0 Å². The van der Waals surface area contributed by atoms with Crippen LogP contribution in [-0.2, 0) is 17.6 Å². The van der Waals surface area contributed by atoms with E-state index in [4.69, 9.17) is 15.2 Å². The van der Waals surface area contributed by atoms with Gasteiger partial charge in [0.05, 0.1) is 38.4 Å². The van der Waals surface area contributed by atoms with Crippen LogP contribution in [0.4, 0.5) is 0 Å². The van der Waals surface area contributed by atoms with E-state index < -0.39 is 12.1 Å². The predicted molar refractivity (Wildman–Crippen MR) is 126 cm³/mol. The van der Waals surface area contributed by atoms with Crippen molar-refractivity contribution < 1.29 is 24.5 Å². The van der Waals surface area contributed by atoms with E-state index in [1.165, 1.54) is 14.2 Å². The lowest BCUT2D eigenvalue weighted by molar-refractivity contribution is -0.146. The summed E-state index contributed by atoms with van der Waals surface area (Å²) in [6, 6.07) is 0.458. The van der Waals surface area contributed by atoms with E-state index in [9.17, 15) is 15.0 Å². The van der Waals surface area contributed by atoms with Crippen LogP contribution in [0.25, 0.3) is 0 Å². The maximum atomic E-state index is 13.7. The third-order valence-electron chi connectivity index (χ3n) is 7.42. The zero-order chi connectivity index (χ0) is 23.8. The van der Waals surface area contributed by atoms with Crippen LogP contribution in [0.3, 0.4) is 0 Å². The number of phenols is 2. The van der Waals surface area contributed by atoms with Crippen molar-refractivity contribution in [1.82, 2.24) is 10.2 Å². The average molecular weight is 518 g/mol. The number of fused-ring (bicyclic) bond motifs is 7. The zero-order valence-electron chi connectivity index (χ0n) is 19.0. The molecule has 4 atom stereocenters. The number of phenolic OH excluding ortho intramolecular Hbond substituents is 2. The van der Waals surface area contributed by atoms with Gasteiger partial charge in [-0.15, -0.1) is 0 Å². The van der Waals surface area contributed by atoms with Crippen LogP contribution in [0.1, 0.15) is 45.5 Å². The molecule has 0 unspecified atom stereocenters. The number of nitrogens with one attached hydrogen (secondary N) is 1. The molecule has 2 aromatic carbocycles. The number of benzene rings is 2. The topological polar surface area (TPSA) is 117 Å². The first-order valence-electron chi connectivity index (χ1n) is 11.0. The molecule has 1 fully saturated rings. The van der Waals surface area contributed by atoms with Crippen molar-refractivity contribution in [3.05, 3.63) is 43.9 Å². The maximum Gasteiger partial charge on any atom is 0.240 e. The van der Waals surface area contributed by atoms with Crippen molar-refractivity contribution in [3.8, 4) is 23.0 Å². The summed E-state index contributed by atoms with van der Waals surface area (Å²) in [5.41, 5.74) is 11.1. The smallest absolute Gasteiger partial charge is 0.240 e. The van der Waals surface area contributed by atoms with Crippen LogP contribution >= 0.6 is 15.9 Å². The second kappa shape index (κ2) is 7.78. The van der Waals surface area contributed by atoms with Gasteiger partial charge in [-0.05, 0) is 43.4 Å². The number of methoxy groups -OCH3 is 2. The minimum Gasteiger partial charge on any atom is -0.504 e. The van der Waals surface area contributed by atoms with Crippen LogP contribution in [0.5, 0.6) is 23.0 Å². The first-order chi connectivity index (χ1) is 15.7. The Balaban J connectivity index is 1.73. The van der Waals surface area contributed by atoms with Crippen LogP contribution in [-0.4, -0.2) is 53.9 Å². The van der Waals surface area contributed by atoms with Gasteiger partial charge < -0.3 is 30.3 Å². The Labute approximate surface area is 200 Å². The lowest BCUT2D eigenvalue weighted by Crippen LogP contribution is -2.67. The Hall–Kier alpha value is -2.49. The number of hydrogen-bond donors (Lipinski definition) is 4. The summed E-state index contributed by atoms with van der Waals surface area (Å²) in [7, 11) is 3.06. The van der Waals surface area contributed by atoms with Crippen molar-refractivity contribution >= 4 is 21.8 Å². The molecule has 1 amide bonds. The molecule has 1 saturated heterocycles. The summed E-state index contributed by atoms with van der Waals surface area (Å²) in [6.07, 6.45) is 0.938. The van der Waals surface area contributed by atoms with E-state index in [2.05, 4.69) is 21.2 Å². The van der Waals surface area contributed by atoms with Gasteiger partial charge in [0.15, 0.2) is 23.0 Å². The molecular formula is C24H28BrN3O5. The third kappa shape index (κ3) is 2.92. The molecule has 8 nitrogen and oxygen atoms in total. The second-order valence-corrected chi connectivity index (χ2v) is 9.82. The minimum absolute atomic E-state index is 0.0428. The SMILES string of the molecule is COc1c(C)cc2c(c1O)[C@H](CN)N1C(=O)[C@H]3Cc4c(Br)c(C)c(OC)c(O)c4[C@H](N3)[C@@H]1C2. The predicted octanol–water partition coefficient (Wildman–Crippen LogP) is 2.52. The summed E-state index contributed by atoms with van der Waals surface area (Å²) in [5, 5.41) is 25.7. The number of carbonyl (C=O) groups excluding carboxylic acids is 1. The quantitative estimate of drug-likeness (QED) is 0.494. The molecule has 0 aliphatic carbocycles. The molecule has 9 heteroatoms. The average Bonchev–Trinajstić information content (AvgIpc) is 2.80. The molecule has 3 aliphatic heterocycles. The summed E-state index contributed by atoms with van der Waals surface area (Å²) >= 11 is 3.68. The van der Waals surface area contributed by atoms with Crippen molar-refractivity contribution in [3.63, 3.8) is 0 Å². The van der Waals surface area contributed by atoms with Gasteiger partial charge in [0, 0.05) is 27.7 Å². The van der Waals surface area contributed by atoms with E-state index in [1.807, 2.05) is 24.8 Å². The molecule has 3 aliphatic rings. The van der Waals surface area contributed by atoms with E-state index in [0.29, 0.717) is 29.9 Å². The van der Waals surface area contributed by atoms with Gasteiger partial charge in [-0.3, -0.25) is 10.1 Å². The van der Waals surface area contributed by atoms with Crippen LogP contribution in [0.15, 0.2) is 10.5 Å². The lowest BCUT2D eigenvalue weighted by atomic mass is 9.75. The third-order valence-corrected chi connectivity index (χ3v) is 8.49. The van der Waals surface area contributed by atoms with E-state index >= 15 is 0 Å². The standard InChI is InChI=1S/C24H28BrN3O5/c1-9-5-11-6-14-19-17-12(18(25)10(2)23(33-4)21(17)30)7-13(27-19)24(31)28(14)15(8-26)16(11)20(29)22(9)32-3/h5,13-15,19,27,29-30H,6-8,26H2,1-4H3/t13-,14+,15+,19-/m1/s1. The Kier molecular flexibility index (Phi) is 5.26. The monoisotopic (exact) mass is 517 g/mol.